The zero-order chi connectivity index (χ0) is 71.0. The summed E-state index contributed by atoms with van der Waals surface area (Å²) >= 11 is 0. The lowest BCUT2D eigenvalue weighted by Gasteiger charge is -2.31. The standard InChI is InChI=1S/C59H84N18O14/c1-31(2)22-40(49(82)68-39(12-8-20-64-57(60)61)56(89)77-21-9-13-46(77)55(88)75-76-58(62)90)69-54(87)45(29-91-59(3,4)5)74-50(83)41(23-32-14-16-35(79)17-15-32)70-53(86)44(28-78)73-51(84)42(24-33-26-65-37-11-7-6-10-36(33)37)71-52(85)43(25-34-27-63-30-66-34)72-48(81)38-18-19-47(80)67-38/h6-7,10-11,14-17,26-27,30-31,38-46,65,78-79H,8-9,12-13,18-25,28-29H2,1-5H3,(H,63,66)(H,67,80)(H,68,82)(H,69,87)(H,70,86)(H,71,85)(H,72,81)(H,73,84)(H,74,83)(H,75,88)(H4,60,61,64)(H3,62,76,90)/t38-,39?,40?,41?,42?,43?,44?,45?,46?/m0/s1/i18D2,19D2,38D. The number of para-hydroxylation sites is 1. The molecule has 0 bridgehead atoms. The van der Waals surface area contributed by atoms with E-state index in [0.717, 1.165) is 0 Å². The largest absolute Gasteiger partial charge is 0.508 e. The molecule has 91 heavy (non-hydrogen) atoms. The third-order valence-electron chi connectivity index (χ3n) is 14.3. The number of nitrogens with two attached hydrogens (primary N) is 3. The van der Waals surface area contributed by atoms with Crippen LogP contribution in [0.5, 0.6) is 5.75 Å². The summed E-state index contributed by atoms with van der Waals surface area (Å²) in [4.78, 5) is 168. The van der Waals surface area contributed by atoms with Gasteiger partial charge in [0.1, 0.15) is 60.1 Å². The fraction of sp³-hybridized carbons (Fsp3) is 0.508. The molecule has 6 rings (SSSR count). The quantitative estimate of drug-likeness (QED) is 0.0103. The van der Waals surface area contributed by atoms with Gasteiger partial charge in [-0.25, -0.2) is 15.2 Å². The Balaban J connectivity index is 1.27. The number of ether oxygens (including phenoxy) is 1. The normalized spacial score (nSPS) is 19.7. The van der Waals surface area contributed by atoms with E-state index in [9.17, 15) is 63.0 Å². The van der Waals surface area contributed by atoms with Gasteiger partial charge in [-0.15, -0.1) is 0 Å². The van der Waals surface area contributed by atoms with Crippen LogP contribution < -0.4 is 70.6 Å². The van der Waals surface area contributed by atoms with Crippen molar-refractivity contribution in [3.8, 4) is 5.75 Å². The Morgan fingerprint density at radius 1 is 0.769 bits per heavy atom. The Morgan fingerprint density at radius 2 is 1.37 bits per heavy atom. The number of aliphatic hydroxyl groups is 1. The van der Waals surface area contributed by atoms with E-state index in [-0.39, 0.29) is 74.9 Å². The summed E-state index contributed by atoms with van der Waals surface area (Å²) in [5.74, 6) is -11.7. The van der Waals surface area contributed by atoms with Gasteiger partial charge in [0.05, 0.1) is 26.5 Å². The fourth-order valence-corrected chi connectivity index (χ4v) is 9.79. The third kappa shape index (κ3) is 21.7. The first-order valence-corrected chi connectivity index (χ1v) is 29.3. The number of aliphatic hydroxyl groups excluding tert-OH is 1. The van der Waals surface area contributed by atoms with E-state index < -0.39 is 157 Å². The third-order valence-corrected chi connectivity index (χ3v) is 14.3. The van der Waals surface area contributed by atoms with Crippen LogP contribution in [0.1, 0.15) is 103 Å². The topological polar surface area (TPSA) is 496 Å². The molecule has 2 saturated heterocycles. The molecular formula is C59H84N18O14. The average Bonchev–Trinajstić information content (AvgIpc) is 1.57. The second kappa shape index (κ2) is 33.1. The highest BCUT2D eigenvalue weighted by atomic mass is 16.5. The number of guanidine groups is 1. The molecule has 4 aromatic rings. The number of carbonyl (C=O) groups is 11. The van der Waals surface area contributed by atoms with E-state index >= 15 is 0 Å². The van der Waals surface area contributed by atoms with Crippen LogP contribution in [0, 0.1) is 5.92 Å². The lowest BCUT2D eigenvalue weighted by molar-refractivity contribution is -0.142. The Labute approximate surface area is 531 Å². The van der Waals surface area contributed by atoms with Gasteiger partial charge in [0.15, 0.2) is 5.96 Å². The number of nitrogens with zero attached hydrogens (tertiary/aromatic N) is 3. The van der Waals surface area contributed by atoms with E-state index in [0.29, 0.717) is 28.5 Å². The van der Waals surface area contributed by atoms with Crippen molar-refractivity contribution < 1.29 is 74.5 Å². The average molecular weight is 1270 g/mol. The number of likely N-dealkylation sites (tertiary alicyclic amines) is 1. The van der Waals surface area contributed by atoms with Crippen LogP contribution >= 0.6 is 0 Å². The number of rotatable bonds is 31. The highest BCUT2D eigenvalue weighted by molar-refractivity contribution is 5.99. The summed E-state index contributed by atoms with van der Waals surface area (Å²) in [7, 11) is 0. The predicted molar refractivity (Wildman–Crippen MR) is 329 cm³/mol. The number of H-pyrrole nitrogens is 2. The Morgan fingerprint density at radius 3 is 1.99 bits per heavy atom. The van der Waals surface area contributed by atoms with Gasteiger partial charge in [-0.05, 0) is 94.5 Å². The minimum Gasteiger partial charge on any atom is -0.508 e. The molecule has 2 aromatic heterocycles. The Hall–Kier alpha value is -9.85. The van der Waals surface area contributed by atoms with E-state index in [4.69, 9.17) is 28.8 Å². The summed E-state index contributed by atoms with van der Waals surface area (Å²) in [6.07, 6.45) is -3.33. The molecule has 0 radical (unpaired) electrons. The number of aliphatic imine (C=N–C) groups is 1. The van der Waals surface area contributed by atoms with E-state index in [1.807, 2.05) is 5.43 Å². The van der Waals surface area contributed by atoms with Gasteiger partial charge < -0.3 is 89.6 Å². The van der Waals surface area contributed by atoms with Crippen molar-refractivity contribution in [2.24, 2.45) is 28.1 Å². The number of imidazole rings is 1. The number of hydrogen-bond donors (Lipinski definition) is 17. The lowest BCUT2D eigenvalue weighted by atomic mass is 10.0. The number of primary amides is 1. The molecule has 0 aliphatic carbocycles. The summed E-state index contributed by atoms with van der Waals surface area (Å²) in [6, 6.07) is -4.61. The summed E-state index contributed by atoms with van der Waals surface area (Å²) in [5.41, 5.74) is 21.0. The summed E-state index contributed by atoms with van der Waals surface area (Å²) in [5, 5.41) is 41.0. The number of aromatic amines is 2. The zero-order valence-electron chi connectivity index (χ0n) is 55.9. The first-order valence-electron chi connectivity index (χ1n) is 31.8. The molecule has 2 aliphatic heterocycles. The van der Waals surface area contributed by atoms with Crippen LogP contribution in [-0.2, 0) is 71.9 Å². The first-order chi connectivity index (χ1) is 45.0. The predicted octanol–water partition coefficient (Wildman–Crippen LogP) is -3.11. The monoisotopic (exact) mass is 1270 g/mol. The summed E-state index contributed by atoms with van der Waals surface area (Å²) in [6.45, 7) is 6.95. The molecule has 494 valence electrons. The molecule has 9 atom stereocenters. The highest BCUT2D eigenvalue weighted by Gasteiger charge is 2.40. The number of nitrogens with one attached hydrogen (secondary N) is 12. The van der Waals surface area contributed by atoms with Crippen molar-refractivity contribution in [3.05, 3.63) is 84.1 Å². The van der Waals surface area contributed by atoms with Crippen molar-refractivity contribution in [2.45, 2.75) is 159 Å². The van der Waals surface area contributed by atoms with Crippen LogP contribution in [-0.4, -0.2) is 187 Å². The number of phenolic OH excluding ortho intramolecular Hbond substituents is 1. The van der Waals surface area contributed by atoms with Gasteiger partial charge in [0.2, 0.25) is 53.2 Å². The van der Waals surface area contributed by atoms with Crippen LogP contribution in [0.25, 0.3) is 10.9 Å². The molecule has 12 amide bonds. The van der Waals surface area contributed by atoms with Crippen LogP contribution in [0.2, 0.25) is 0 Å². The summed E-state index contributed by atoms with van der Waals surface area (Å²) < 4.78 is 47.3. The Bertz CT molecular complexity index is 3500. The molecule has 0 spiro atoms. The number of amides is 12. The number of hydrogen-bond acceptors (Lipinski definition) is 16. The zero-order valence-corrected chi connectivity index (χ0v) is 50.9. The minimum atomic E-state index is -3.49. The number of fused-ring (bicyclic) bond motifs is 1. The maximum absolute atomic E-state index is 14.8. The Kier molecular flexibility index (Phi) is 22.8. The molecule has 32 nitrogen and oxygen atoms in total. The second-order valence-corrected chi connectivity index (χ2v) is 23.0. The van der Waals surface area contributed by atoms with Gasteiger partial charge in [0.25, 0.3) is 5.91 Å². The molecule has 4 heterocycles. The van der Waals surface area contributed by atoms with Gasteiger partial charge in [-0.2, -0.15) is 0 Å². The molecular weight excluding hydrogens is 1180 g/mol. The van der Waals surface area contributed by atoms with E-state index in [2.05, 4.69) is 62.6 Å². The smallest absolute Gasteiger partial charge is 0.330 e. The molecule has 0 saturated carbocycles. The van der Waals surface area contributed by atoms with Gasteiger partial charge in [0, 0.05) is 73.2 Å². The van der Waals surface area contributed by atoms with Crippen molar-refractivity contribution >= 4 is 82.0 Å². The number of carbonyl (C=O) groups excluding carboxylic acids is 11. The number of urea groups is 1. The van der Waals surface area contributed by atoms with Crippen LogP contribution in [0.3, 0.4) is 0 Å². The maximum Gasteiger partial charge on any atom is 0.330 e. The number of aromatic hydroxyl groups is 1. The van der Waals surface area contributed by atoms with Crippen molar-refractivity contribution in [1.82, 2.24) is 73.2 Å². The molecule has 20 N–H and O–H groups in total. The SMILES string of the molecule is [2H]C1([2H])C(=O)N[C@]([2H])(C(=O)NC(Cc2cnc[nH]2)C(=O)NC(Cc2c[nH]c3ccccc23)C(=O)NC(CO)C(=O)NC(Cc2ccc(O)cc2)C(=O)NC(COC(C)(C)C)C(=O)NC(CC(C)C)C(=O)NC(CCCN=C(N)N)C(=O)N2CCCC2C(=O)NNC(N)=O)C1([2H])[2H]. The van der Waals surface area contributed by atoms with E-state index in [1.54, 1.807) is 64.2 Å². The van der Waals surface area contributed by atoms with Crippen molar-refractivity contribution in [2.75, 3.05) is 26.3 Å². The molecule has 2 fully saturated rings. The van der Waals surface area contributed by atoms with Crippen LogP contribution in [0.15, 0.2) is 72.2 Å². The number of aromatic nitrogens is 3. The van der Waals surface area contributed by atoms with Gasteiger partial charge in [-0.3, -0.25) is 58.4 Å². The first kappa shape index (κ1) is 62.7. The number of phenols is 1. The molecule has 2 aromatic carbocycles. The fourth-order valence-electron chi connectivity index (χ4n) is 9.79. The molecule has 2 aliphatic rings. The molecule has 32 heteroatoms. The van der Waals surface area contributed by atoms with Gasteiger partial charge >= 0.3 is 6.03 Å². The van der Waals surface area contributed by atoms with Gasteiger partial charge in [-0.1, -0.05) is 44.2 Å². The van der Waals surface area contributed by atoms with E-state index in [1.165, 1.54) is 47.9 Å². The lowest BCUT2D eigenvalue weighted by Crippen LogP contribution is -2.62. The molecule has 8 unspecified atom stereocenters. The minimum absolute atomic E-state index is 0.0298. The number of hydrazine groups is 1. The maximum atomic E-state index is 14.8. The highest BCUT2D eigenvalue weighted by Crippen LogP contribution is 2.22. The number of benzene rings is 2. The van der Waals surface area contributed by atoms with Crippen molar-refractivity contribution in [3.63, 3.8) is 0 Å². The van der Waals surface area contributed by atoms with Crippen LogP contribution in [0.4, 0.5) is 4.79 Å². The van der Waals surface area contributed by atoms with Crippen molar-refractivity contribution in [1.29, 1.82) is 0 Å². The second-order valence-electron chi connectivity index (χ2n) is 23.0.